The SMILES string of the molecule is CC(C)Oc1cc(Br)ccc1C(=O)NC1CCNCC1C. The van der Waals surface area contributed by atoms with Gasteiger partial charge in [-0.2, -0.15) is 0 Å². The molecule has 0 radical (unpaired) electrons. The summed E-state index contributed by atoms with van der Waals surface area (Å²) in [6.45, 7) is 7.96. The van der Waals surface area contributed by atoms with Crippen molar-refractivity contribution in [1.82, 2.24) is 10.6 Å². The number of carbonyl (C=O) groups excluding carboxylic acids is 1. The molecule has 2 atom stereocenters. The Labute approximate surface area is 134 Å². The van der Waals surface area contributed by atoms with Crippen molar-refractivity contribution in [2.24, 2.45) is 5.92 Å². The van der Waals surface area contributed by atoms with Crippen molar-refractivity contribution in [2.75, 3.05) is 13.1 Å². The average molecular weight is 355 g/mol. The van der Waals surface area contributed by atoms with Crippen LogP contribution >= 0.6 is 15.9 Å². The molecule has 1 saturated heterocycles. The Morgan fingerprint density at radius 2 is 2.24 bits per heavy atom. The summed E-state index contributed by atoms with van der Waals surface area (Å²) in [5.74, 6) is 1.00. The molecule has 116 valence electrons. The summed E-state index contributed by atoms with van der Waals surface area (Å²) in [7, 11) is 0. The lowest BCUT2D eigenvalue weighted by molar-refractivity contribution is 0.0908. The van der Waals surface area contributed by atoms with Crippen LogP contribution in [-0.2, 0) is 0 Å². The molecule has 1 aliphatic rings. The van der Waals surface area contributed by atoms with E-state index in [9.17, 15) is 4.79 Å². The lowest BCUT2D eigenvalue weighted by Gasteiger charge is -2.30. The number of nitrogens with one attached hydrogen (secondary N) is 2. The second-order valence-electron chi connectivity index (χ2n) is 5.86. The van der Waals surface area contributed by atoms with Gasteiger partial charge in [-0.1, -0.05) is 22.9 Å². The van der Waals surface area contributed by atoms with Crippen LogP contribution < -0.4 is 15.4 Å². The summed E-state index contributed by atoms with van der Waals surface area (Å²) < 4.78 is 6.67. The van der Waals surface area contributed by atoms with E-state index in [1.165, 1.54) is 0 Å². The minimum absolute atomic E-state index is 0.0312. The topological polar surface area (TPSA) is 50.4 Å². The van der Waals surface area contributed by atoms with Gasteiger partial charge in [-0.25, -0.2) is 0 Å². The zero-order valence-electron chi connectivity index (χ0n) is 12.8. The molecule has 2 rings (SSSR count). The number of carbonyl (C=O) groups is 1. The van der Waals surface area contributed by atoms with Gasteiger partial charge >= 0.3 is 0 Å². The maximum Gasteiger partial charge on any atom is 0.255 e. The van der Waals surface area contributed by atoms with Gasteiger partial charge in [-0.15, -0.1) is 0 Å². The van der Waals surface area contributed by atoms with Crippen LogP contribution in [-0.4, -0.2) is 31.1 Å². The van der Waals surface area contributed by atoms with Gasteiger partial charge in [0.1, 0.15) is 5.75 Å². The summed E-state index contributed by atoms with van der Waals surface area (Å²) in [4.78, 5) is 12.5. The zero-order chi connectivity index (χ0) is 15.4. The molecule has 0 aromatic heterocycles. The molecule has 0 saturated carbocycles. The third-order valence-electron chi connectivity index (χ3n) is 3.65. The molecule has 1 aromatic rings. The predicted octanol–water partition coefficient (Wildman–Crippen LogP) is 2.96. The van der Waals surface area contributed by atoms with E-state index in [4.69, 9.17) is 4.74 Å². The van der Waals surface area contributed by atoms with Crippen LogP contribution in [0.3, 0.4) is 0 Å². The lowest BCUT2D eigenvalue weighted by Crippen LogP contribution is -2.48. The number of hydrogen-bond acceptors (Lipinski definition) is 3. The smallest absolute Gasteiger partial charge is 0.255 e. The number of rotatable bonds is 4. The molecule has 0 spiro atoms. The first-order chi connectivity index (χ1) is 9.97. The first-order valence-electron chi connectivity index (χ1n) is 7.45. The van der Waals surface area contributed by atoms with Gasteiger partial charge in [-0.05, 0) is 57.5 Å². The highest BCUT2D eigenvalue weighted by Gasteiger charge is 2.24. The van der Waals surface area contributed by atoms with E-state index in [1.807, 2.05) is 32.0 Å². The van der Waals surface area contributed by atoms with Crippen LogP contribution in [0, 0.1) is 5.92 Å². The van der Waals surface area contributed by atoms with Crippen LogP contribution in [0.15, 0.2) is 22.7 Å². The first kappa shape index (κ1) is 16.3. The van der Waals surface area contributed by atoms with Crippen molar-refractivity contribution in [3.8, 4) is 5.75 Å². The van der Waals surface area contributed by atoms with E-state index >= 15 is 0 Å². The largest absolute Gasteiger partial charge is 0.490 e. The Hall–Kier alpha value is -1.07. The van der Waals surface area contributed by atoms with E-state index in [-0.39, 0.29) is 18.1 Å². The second-order valence-corrected chi connectivity index (χ2v) is 6.77. The molecule has 2 N–H and O–H groups in total. The van der Waals surface area contributed by atoms with Gasteiger partial charge < -0.3 is 15.4 Å². The summed E-state index contributed by atoms with van der Waals surface area (Å²) in [5.41, 5.74) is 0.595. The van der Waals surface area contributed by atoms with Crippen molar-refractivity contribution in [3.05, 3.63) is 28.2 Å². The van der Waals surface area contributed by atoms with Crippen molar-refractivity contribution in [3.63, 3.8) is 0 Å². The molecule has 1 aliphatic heterocycles. The summed E-state index contributed by atoms with van der Waals surface area (Å²) in [6.07, 6.45) is 0.993. The number of benzene rings is 1. The Kier molecular flexibility index (Phi) is 5.65. The van der Waals surface area contributed by atoms with Gasteiger partial charge in [-0.3, -0.25) is 4.79 Å². The summed E-state index contributed by atoms with van der Waals surface area (Å²) in [6, 6.07) is 5.74. The molecule has 21 heavy (non-hydrogen) atoms. The molecular weight excluding hydrogens is 332 g/mol. The number of halogens is 1. The van der Waals surface area contributed by atoms with Crippen LogP contribution in [0.1, 0.15) is 37.6 Å². The number of amides is 1. The van der Waals surface area contributed by atoms with E-state index in [0.29, 0.717) is 17.2 Å². The molecule has 0 bridgehead atoms. The highest BCUT2D eigenvalue weighted by molar-refractivity contribution is 9.10. The minimum atomic E-state index is -0.0584. The quantitative estimate of drug-likeness (QED) is 0.873. The maximum absolute atomic E-state index is 12.5. The van der Waals surface area contributed by atoms with E-state index in [0.717, 1.165) is 24.0 Å². The summed E-state index contributed by atoms with van der Waals surface area (Å²) >= 11 is 3.42. The molecule has 2 unspecified atom stereocenters. The minimum Gasteiger partial charge on any atom is -0.490 e. The van der Waals surface area contributed by atoms with Gasteiger partial charge in [0.25, 0.3) is 5.91 Å². The Morgan fingerprint density at radius 3 is 2.90 bits per heavy atom. The molecule has 1 fully saturated rings. The molecule has 4 nitrogen and oxygen atoms in total. The highest BCUT2D eigenvalue weighted by atomic mass is 79.9. The summed E-state index contributed by atoms with van der Waals surface area (Å²) in [5, 5.41) is 6.48. The fraction of sp³-hybridized carbons (Fsp3) is 0.562. The average Bonchev–Trinajstić information content (AvgIpc) is 2.40. The lowest BCUT2D eigenvalue weighted by atomic mass is 9.95. The van der Waals surface area contributed by atoms with Gasteiger partial charge in [0.2, 0.25) is 0 Å². The van der Waals surface area contributed by atoms with Crippen LogP contribution in [0.5, 0.6) is 5.75 Å². The molecule has 1 amide bonds. The van der Waals surface area contributed by atoms with Crippen LogP contribution in [0.2, 0.25) is 0 Å². The van der Waals surface area contributed by atoms with Gasteiger partial charge in [0, 0.05) is 10.5 Å². The van der Waals surface area contributed by atoms with Crippen LogP contribution in [0.25, 0.3) is 0 Å². The van der Waals surface area contributed by atoms with E-state index < -0.39 is 0 Å². The normalized spacial score (nSPS) is 22.1. The second kappa shape index (κ2) is 7.27. The molecular formula is C16H23BrN2O2. The predicted molar refractivity (Wildman–Crippen MR) is 87.8 cm³/mol. The molecule has 1 heterocycles. The Bertz CT molecular complexity index is 505. The number of hydrogen-bond donors (Lipinski definition) is 2. The van der Waals surface area contributed by atoms with Crippen molar-refractivity contribution >= 4 is 21.8 Å². The van der Waals surface area contributed by atoms with Crippen molar-refractivity contribution in [2.45, 2.75) is 39.3 Å². The monoisotopic (exact) mass is 354 g/mol. The number of ether oxygens (including phenoxy) is 1. The molecule has 0 aliphatic carbocycles. The van der Waals surface area contributed by atoms with Crippen molar-refractivity contribution in [1.29, 1.82) is 0 Å². The van der Waals surface area contributed by atoms with Crippen LogP contribution in [0.4, 0.5) is 0 Å². The van der Waals surface area contributed by atoms with E-state index in [1.54, 1.807) is 0 Å². The zero-order valence-corrected chi connectivity index (χ0v) is 14.4. The fourth-order valence-corrected chi connectivity index (χ4v) is 2.85. The third-order valence-corrected chi connectivity index (χ3v) is 4.15. The van der Waals surface area contributed by atoms with E-state index in [2.05, 4.69) is 33.5 Å². The first-order valence-corrected chi connectivity index (χ1v) is 8.24. The van der Waals surface area contributed by atoms with Gasteiger partial charge in [0.05, 0.1) is 11.7 Å². The van der Waals surface area contributed by atoms with Gasteiger partial charge in [0.15, 0.2) is 0 Å². The standard InChI is InChI=1S/C16H23BrN2O2/c1-10(2)21-15-8-12(17)4-5-13(15)16(20)19-14-6-7-18-9-11(14)3/h4-5,8,10-11,14,18H,6-7,9H2,1-3H3,(H,19,20). The maximum atomic E-state index is 12.5. The molecule has 5 heteroatoms. The third kappa shape index (κ3) is 4.45. The van der Waals surface area contributed by atoms with Crippen molar-refractivity contribution < 1.29 is 9.53 Å². The Morgan fingerprint density at radius 1 is 1.48 bits per heavy atom. The highest BCUT2D eigenvalue weighted by Crippen LogP contribution is 2.25. The Balaban J connectivity index is 2.14. The molecule has 1 aromatic carbocycles. The number of piperidine rings is 1. The fourth-order valence-electron chi connectivity index (χ4n) is 2.51.